The summed E-state index contributed by atoms with van der Waals surface area (Å²) in [5, 5.41) is 8.23. The largest absolute Gasteiger partial charge is 0.321 e. The third kappa shape index (κ3) is 3.31. The number of hydrogen-bond acceptors (Lipinski definition) is 5. The van der Waals surface area contributed by atoms with E-state index in [-0.39, 0.29) is 22.3 Å². The molecule has 3 aromatic rings. The summed E-state index contributed by atoms with van der Waals surface area (Å²) in [5.74, 6) is 0.298. The first-order valence-corrected chi connectivity index (χ1v) is 10.3. The van der Waals surface area contributed by atoms with Crippen LogP contribution < -0.4 is 9.62 Å². The summed E-state index contributed by atoms with van der Waals surface area (Å²) in [7, 11) is -3.88. The van der Waals surface area contributed by atoms with Crippen LogP contribution in [-0.4, -0.2) is 24.7 Å². The fourth-order valence-corrected chi connectivity index (χ4v) is 4.48. The number of para-hydroxylation sites is 1. The summed E-state index contributed by atoms with van der Waals surface area (Å²) in [6, 6.07) is 15.3. The van der Waals surface area contributed by atoms with Crippen LogP contribution in [-0.2, 0) is 16.4 Å². The minimum absolute atomic E-state index is 0.0284. The number of benzene rings is 2. The first kappa shape index (κ1) is 18.4. The Hall–Kier alpha value is -3.00. The van der Waals surface area contributed by atoms with Gasteiger partial charge in [-0.1, -0.05) is 18.2 Å². The zero-order chi connectivity index (χ0) is 19.9. The molecule has 1 aliphatic heterocycles. The van der Waals surface area contributed by atoms with Crippen molar-refractivity contribution in [2.75, 3.05) is 9.62 Å². The number of aromatic nitrogens is 2. The van der Waals surface area contributed by atoms with Gasteiger partial charge in [0.05, 0.1) is 4.90 Å². The Morgan fingerprint density at radius 3 is 2.61 bits per heavy atom. The van der Waals surface area contributed by atoms with Crippen LogP contribution in [0.3, 0.4) is 0 Å². The van der Waals surface area contributed by atoms with Gasteiger partial charge >= 0.3 is 0 Å². The third-order valence-electron chi connectivity index (χ3n) is 4.78. The van der Waals surface area contributed by atoms with E-state index < -0.39 is 15.8 Å². The van der Waals surface area contributed by atoms with Gasteiger partial charge in [0.15, 0.2) is 11.6 Å². The summed E-state index contributed by atoms with van der Waals surface area (Å²) < 4.78 is 40.8. The van der Waals surface area contributed by atoms with Gasteiger partial charge in [0.1, 0.15) is 5.82 Å². The van der Waals surface area contributed by atoms with Crippen LogP contribution in [0.2, 0.25) is 0 Å². The van der Waals surface area contributed by atoms with Gasteiger partial charge in [-0.3, -0.25) is 4.72 Å². The molecule has 1 unspecified atom stereocenters. The van der Waals surface area contributed by atoms with Gasteiger partial charge in [0, 0.05) is 11.7 Å². The van der Waals surface area contributed by atoms with Gasteiger partial charge in [-0.05, 0) is 67.8 Å². The van der Waals surface area contributed by atoms with Crippen molar-refractivity contribution in [3.8, 4) is 0 Å². The minimum atomic E-state index is -3.88. The maximum Gasteiger partial charge on any atom is 0.263 e. The van der Waals surface area contributed by atoms with Crippen LogP contribution in [0.5, 0.6) is 0 Å². The second kappa shape index (κ2) is 6.87. The molecular weight excluding hydrogens is 379 g/mol. The van der Waals surface area contributed by atoms with E-state index in [1.54, 1.807) is 12.1 Å². The molecule has 0 saturated heterocycles. The fourth-order valence-electron chi connectivity index (χ4n) is 3.40. The highest BCUT2D eigenvalue weighted by Crippen LogP contribution is 2.37. The number of nitrogens with zero attached hydrogens (tertiary/aromatic N) is 3. The minimum Gasteiger partial charge on any atom is -0.321 e. The van der Waals surface area contributed by atoms with E-state index >= 15 is 0 Å². The molecule has 0 fully saturated rings. The van der Waals surface area contributed by atoms with Crippen molar-refractivity contribution < 1.29 is 12.8 Å². The second-order valence-corrected chi connectivity index (χ2v) is 8.53. The summed E-state index contributed by atoms with van der Waals surface area (Å²) >= 11 is 0. The van der Waals surface area contributed by atoms with Gasteiger partial charge in [0.2, 0.25) is 0 Å². The van der Waals surface area contributed by atoms with Crippen molar-refractivity contribution in [3.05, 3.63) is 71.5 Å². The maximum atomic E-state index is 13.4. The molecule has 1 N–H and O–H groups in total. The van der Waals surface area contributed by atoms with Crippen LogP contribution >= 0.6 is 0 Å². The first-order chi connectivity index (χ1) is 13.3. The monoisotopic (exact) mass is 398 g/mol. The van der Waals surface area contributed by atoms with Crippen LogP contribution in [0.15, 0.2) is 59.5 Å². The molecular formula is C20H19FN4O2S. The normalized spacial score (nSPS) is 16.1. The molecule has 0 bridgehead atoms. The van der Waals surface area contributed by atoms with Gasteiger partial charge in [-0.15, -0.1) is 10.2 Å². The van der Waals surface area contributed by atoms with E-state index in [1.165, 1.54) is 24.6 Å². The van der Waals surface area contributed by atoms with Crippen LogP contribution in [0.4, 0.5) is 21.7 Å². The molecule has 144 valence electrons. The lowest BCUT2D eigenvalue weighted by atomic mass is 10.1. The molecule has 8 heteroatoms. The number of hydrogen-bond donors (Lipinski definition) is 1. The number of sulfonamides is 1. The number of aryl methyl sites for hydroxylation is 1. The summed E-state index contributed by atoms with van der Waals surface area (Å²) in [5.41, 5.74) is 2.58. The Balaban J connectivity index is 1.58. The molecule has 2 aromatic carbocycles. The SMILES string of the molecule is Cc1cc(S(=O)(=O)Nc2ccc(N3c4ccccc4CC3C)nn2)ccc1F. The number of fused-ring (bicyclic) bond motifs is 1. The molecule has 0 amide bonds. The predicted octanol–water partition coefficient (Wildman–Crippen LogP) is 3.81. The smallest absolute Gasteiger partial charge is 0.263 e. The molecule has 28 heavy (non-hydrogen) atoms. The lowest BCUT2D eigenvalue weighted by Crippen LogP contribution is -2.25. The summed E-state index contributed by atoms with van der Waals surface area (Å²) in [6.07, 6.45) is 0.913. The summed E-state index contributed by atoms with van der Waals surface area (Å²) in [4.78, 5) is 2.06. The zero-order valence-electron chi connectivity index (χ0n) is 15.4. The van der Waals surface area contributed by atoms with Gasteiger partial charge in [-0.2, -0.15) is 0 Å². The third-order valence-corrected chi connectivity index (χ3v) is 6.14. The van der Waals surface area contributed by atoms with Crippen LogP contribution in [0, 0.1) is 12.7 Å². The molecule has 0 radical (unpaired) electrons. The average molecular weight is 398 g/mol. The molecule has 0 aliphatic carbocycles. The topological polar surface area (TPSA) is 75.2 Å². The van der Waals surface area contributed by atoms with E-state index in [0.29, 0.717) is 5.82 Å². The van der Waals surface area contributed by atoms with Crippen molar-refractivity contribution in [1.29, 1.82) is 0 Å². The van der Waals surface area contributed by atoms with Crippen molar-refractivity contribution in [2.24, 2.45) is 0 Å². The molecule has 6 nitrogen and oxygen atoms in total. The molecule has 1 aliphatic rings. The van der Waals surface area contributed by atoms with E-state index in [2.05, 4.69) is 32.8 Å². The highest BCUT2D eigenvalue weighted by molar-refractivity contribution is 7.92. The van der Waals surface area contributed by atoms with E-state index in [4.69, 9.17) is 0 Å². The van der Waals surface area contributed by atoms with Crippen LogP contribution in [0.25, 0.3) is 0 Å². The van der Waals surface area contributed by atoms with E-state index in [0.717, 1.165) is 18.2 Å². The standard InChI is InChI=1S/C20H19FN4O2S/c1-13-11-16(7-8-17(13)21)28(26,27)24-19-9-10-20(23-22-19)25-14(2)12-15-5-3-4-6-18(15)25/h3-11,14H,12H2,1-2H3,(H,22,24). The lowest BCUT2D eigenvalue weighted by molar-refractivity contribution is 0.598. The Labute approximate surface area is 163 Å². The molecule has 1 aromatic heterocycles. The van der Waals surface area contributed by atoms with Gasteiger partial charge in [0.25, 0.3) is 10.0 Å². The Morgan fingerprint density at radius 1 is 1.11 bits per heavy atom. The number of nitrogens with one attached hydrogen (secondary N) is 1. The van der Waals surface area contributed by atoms with Crippen molar-refractivity contribution in [2.45, 2.75) is 31.2 Å². The van der Waals surface area contributed by atoms with E-state index in [1.807, 2.05) is 18.2 Å². The summed E-state index contributed by atoms with van der Waals surface area (Å²) in [6.45, 7) is 3.62. The van der Waals surface area contributed by atoms with Crippen LogP contribution in [0.1, 0.15) is 18.1 Å². The van der Waals surface area contributed by atoms with Crippen molar-refractivity contribution in [1.82, 2.24) is 10.2 Å². The number of anilines is 3. The fraction of sp³-hybridized carbons (Fsp3) is 0.200. The average Bonchev–Trinajstić information content (AvgIpc) is 3.00. The second-order valence-electron chi connectivity index (χ2n) is 6.85. The Kier molecular flexibility index (Phi) is 4.50. The number of rotatable bonds is 4. The highest BCUT2D eigenvalue weighted by atomic mass is 32.2. The van der Waals surface area contributed by atoms with Crippen molar-refractivity contribution >= 4 is 27.3 Å². The molecule has 4 rings (SSSR count). The molecule has 2 heterocycles. The van der Waals surface area contributed by atoms with Gasteiger partial charge < -0.3 is 4.90 Å². The molecule has 0 saturated carbocycles. The van der Waals surface area contributed by atoms with Crippen molar-refractivity contribution in [3.63, 3.8) is 0 Å². The van der Waals surface area contributed by atoms with Gasteiger partial charge in [-0.25, -0.2) is 12.8 Å². The zero-order valence-corrected chi connectivity index (χ0v) is 16.2. The first-order valence-electron chi connectivity index (χ1n) is 8.85. The molecule has 0 spiro atoms. The lowest BCUT2D eigenvalue weighted by Gasteiger charge is -2.23. The quantitative estimate of drug-likeness (QED) is 0.723. The maximum absolute atomic E-state index is 13.4. The number of halogens is 1. The molecule has 1 atom stereocenters. The Morgan fingerprint density at radius 2 is 1.89 bits per heavy atom. The van der Waals surface area contributed by atoms with E-state index in [9.17, 15) is 12.8 Å². The highest BCUT2D eigenvalue weighted by Gasteiger charge is 2.28. The predicted molar refractivity (Wildman–Crippen MR) is 106 cm³/mol. The Bertz CT molecular complexity index is 1130.